The molecular formula is C12H18N4O2. The molecule has 1 N–H and O–H groups in total. The molecule has 0 saturated carbocycles. The van der Waals surface area contributed by atoms with Crippen molar-refractivity contribution in [2.24, 2.45) is 0 Å². The minimum atomic E-state index is -0.434. The van der Waals surface area contributed by atoms with Gasteiger partial charge in [0, 0.05) is 25.2 Å². The maximum absolute atomic E-state index is 10.5. The fraction of sp³-hybridized carbons (Fsp3) is 0.583. The van der Waals surface area contributed by atoms with Crippen molar-refractivity contribution in [3.05, 3.63) is 28.4 Å². The van der Waals surface area contributed by atoms with E-state index in [1.807, 2.05) is 0 Å². The molecule has 1 aliphatic rings. The predicted octanol–water partition coefficient (Wildman–Crippen LogP) is 1.89. The Hall–Kier alpha value is -1.69. The molecule has 1 aromatic heterocycles. The van der Waals surface area contributed by atoms with Crippen molar-refractivity contribution in [2.75, 3.05) is 25.0 Å². The van der Waals surface area contributed by atoms with E-state index in [2.05, 4.69) is 22.1 Å². The SMILES string of the molecule is CCN1CCC(Nc2ccc([N+](=O)[O-])cn2)CC1. The molecule has 0 unspecified atom stereocenters. The van der Waals surface area contributed by atoms with Crippen molar-refractivity contribution in [1.29, 1.82) is 0 Å². The largest absolute Gasteiger partial charge is 0.367 e. The number of nitrogens with zero attached hydrogens (tertiary/aromatic N) is 3. The smallest absolute Gasteiger partial charge is 0.287 e. The lowest BCUT2D eigenvalue weighted by Gasteiger charge is -2.31. The Bertz CT molecular complexity index is 399. The van der Waals surface area contributed by atoms with Crippen LogP contribution in [-0.4, -0.2) is 40.5 Å². The molecule has 2 heterocycles. The average Bonchev–Trinajstić information content (AvgIpc) is 2.40. The maximum Gasteiger partial charge on any atom is 0.287 e. The van der Waals surface area contributed by atoms with Gasteiger partial charge in [0.1, 0.15) is 12.0 Å². The molecule has 6 heteroatoms. The summed E-state index contributed by atoms with van der Waals surface area (Å²) in [6.07, 6.45) is 3.47. The topological polar surface area (TPSA) is 71.3 Å². The first-order valence-electron chi connectivity index (χ1n) is 6.28. The van der Waals surface area contributed by atoms with Crippen LogP contribution in [0.15, 0.2) is 18.3 Å². The Labute approximate surface area is 106 Å². The van der Waals surface area contributed by atoms with Crippen LogP contribution in [0.3, 0.4) is 0 Å². The average molecular weight is 250 g/mol. The Kier molecular flexibility index (Phi) is 4.09. The Morgan fingerprint density at radius 1 is 1.50 bits per heavy atom. The maximum atomic E-state index is 10.5. The second-order valence-electron chi connectivity index (χ2n) is 4.51. The van der Waals surface area contributed by atoms with Crippen molar-refractivity contribution in [2.45, 2.75) is 25.8 Å². The summed E-state index contributed by atoms with van der Waals surface area (Å²) in [7, 11) is 0. The number of piperidine rings is 1. The fourth-order valence-corrected chi connectivity index (χ4v) is 2.18. The first kappa shape index (κ1) is 12.8. The highest BCUT2D eigenvalue weighted by Gasteiger charge is 2.18. The third-order valence-electron chi connectivity index (χ3n) is 3.35. The highest BCUT2D eigenvalue weighted by atomic mass is 16.6. The molecule has 0 amide bonds. The molecule has 0 atom stereocenters. The van der Waals surface area contributed by atoms with E-state index in [1.54, 1.807) is 6.07 Å². The summed E-state index contributed by atoms with van der Waals surface area (Å²) in [5.41, 5.74) is 0.0290. The van der Waals surface area contributed by atoms with Crippen LogP contribution in [-0.2, 0) is 0 Å². The number of hydrogen-bond donors (Lipinski definition) is 1. The highest BCUT2D eigenvalue weighted by Crippen LogP contribution is 2.17. The van der Waals surface area contributed by atoms with E-state index >= 15 is 0 Å². The molecule has 0 radical (unpaired) electrons. The molecular weight excluding hydrogens is 232 g/mol. The minimum absolute atomic E-state index is 0.0290. The number of nitro groups is 1. The Balaban J connectivity index is 1.88. The number of likely N-dealkylation sites (tertiary alicyclic amines) is 1. The molecule has 0 aliphatic carbocycles. The molecule has 0 bridgehead atoms. The van der Waals surface area contributed by atoms with Crippen LogP contribution in [0.5, 0.6) is 0 Å². The monoisotopic (exact) mass is 250 g/mol. The number of rotatable bonds is 4. The lowest BCUT2D eigenvalue weighted by atomic mass is 10.1. The van der Waals surface area contributed by atoms with Gasteiger partial charge in [0.25, 0.3) is 5.69 Å². The van der Waals surface area contributed by atoms with E-state index in [1.165, 1.54) is 12.3 Å². The molecule has 1 aromatic rings. The normalized spacial score (nSPS) is 17.6. The van der Waals surface area contributed by atoms with Crippen molar-refractivity contribution in [3.63, 3.8) is 0 Å². The quantitative estimate of drug-likeness (QED) is 0.652. The zero-order valence-electron chi connectivity index (χ0n) is 10.5. The molecule has 2 rings (SSSR count). The van der Waals surface area contributed by atoms with Gasteiger partial charge >= 0.3 is 0 Å². The van der Waals surface area contributed by atoms with Crippen LogP contribution < -0.4 is 5.32 Å². The highest BCUT2D eigenvalue weighted by molar-refractivity contribution is 5.40. The van der Waals surface area contributed by atoms with Crippen LogP contribution in [0.1, 0.15) is 19.8 Å². The molecule has 0 spiro atoms. The van der Waals surface area contributed by atoms with E-state index in [-0.39, 0.29) is 5.69 Å². The minimum Gasteiger partial charge on any atom is -0.367 e. The van der Waals surface area contributed by atoms with Crippen LogP contribution in [0.2, 0.25) is 0 Å². The van der Waals surface area contributed by atoms with E-state index < -0.39 is 4.92 Å². The van der Waals surface area contributed by atoms with Crippen LogP contribution in [0.25, 0.3) is 0 Å². The van der Waals surface area contributed by atoms with Gasteiger partial charge in [-0.1, -0.05) is 6.92 Å². The van der Waals surface area contributed by atoms with Gasteiger partial charge in [-0.15, -0.1) is 0 Å². The summed E-state index contributed by atoms with van der Waals surface area (Å²) < 4.78 is 0. The standard InChI is InChI=1S/C12H18N4O2/c1-2-15-7-5-10(6-8-15)14-12-4-3-11(9-13-12)16(17)18/h3-4,9-10H,2,5-8H2,1H3,(H,13,14). The lowest BCUT2D eigenvalue weighted by Crippen LogP contribution is -2.38. The molecule has 6 nitrogen and oxygen atoms in total. The van der Waals surface area contributed by atoms with E-state index in [4.69, 9.17) is 0 Å². The third-order valence-corrected chi connectivity index (χ3v) is 3.35. The molecule has 1 fully saturated rings. The zero-order valence-corrected chi connectivity index (χ0v) is 10.5. The van der Waals surface area contributed by atoms with Gasteiger partial charge in [0.05, 0.1) is 4.92 Å². The van der Waals surface area contributed by atoms with Gasteiger partial charge in [0.15, 0.2) is 0 Å². The molecule has 1 aliphatic heterocycles. The Morgan fingerprint density at radius 3 is 2.72 bits per heavy atom. The number of aromatic nitrogens is 1. The Morgan fingerprint density at radius 2 is 2.22 bits per heavy atom. The first-order valence-corrected chi connectivity index (χ1v) is 6.28. The van der Waals surface area contributed by atoms with Crippen molar-refractivity contribution in [1.82, 2.24) is 9.88 Å². The number of pyridine rings is 1. The summed E-state index contributed by atoms with van der Waals surface area (Å²) in [5.74, 6) is 0.718. The summed E-state index contributed by atoms with van der Waals surface area (Å²) in [4.78, 5) is 16.6. The third kappa shape index (κ3) is 3.16. The summed E-state index contributed by atoms with van der Waals surface area (Å²) >= 11 is 0. The molecule has 1 saturated heterocycles. The van der Waals surface area contributed by atoms with Crippen LogP contribution in [0.4, 0.5) is 11.5 Å². The number of nitrogens with one attached hydrogen (secondary N) is 1. The van der Waals surface area contributed by atoms with Crippen molar-refractivity contribution >= 4 is 11.5 Å². The van der Waals surface area contributed by atoms with Crippen molar-refractivity contribution in [3.8, 4) is 0 Å². The lowest BCUT2D eigenvalue weighted by molar-refractivity contribution is -0.385. The second kappa shape index (κ2) is 5.77. The summed E-state index contributed by atoms with van der Waals surface area (Å²) in [6.45, 7) is 5.47. The number of anilines is 1. The molecule has 0 aromatic carbocycles. The summed E-state index contributed by atoms with van der Waals surface area (Å²) in [6, 6.07) is 3.57. The van der Waals surface area contributed by atoms with Gasteiger partial charge in [0.2, 0.25) is 0 Å². The van der Waals surface area contributed by atoms with Gasteiger partial charge in [-0.05, 0) is 25.5 Å². The van der Waals surface area contributed by atoms with E-state index in [0.717, 1.165) is 38.3 Å². The van der Waals surface area contributed by atoms with Gasteiger partial charge in [-0.3, -0.25) is 10.1 Å². The van der Waals surface area contributed by atoms with Crippen LogP contribution >= 0.6 is 0 Å². The van der Waals surface area contributed by atoms with Gasteiger partial charge in [-0.25, -0.2) is 4.98 Å². The van der Waals surface area contributed by atoms with Crippen molar-refractivity contribution < 1.29 is 4.92 Å². The second-order valence-corrected chi connectivity index (χ2v) is 4.51. The first-order chi connectivity index (χ1) is 8.69. The molecule has 98 valence electrons. The fourth-order valence-electron chi connectivity index (χ4n) is 2.18. The van der Waals surface area contributed by atoms with Gasteiger partial charge < -0.3 is 10.2 Å². The van der Waals surface area contributed by atoms with E-state index in [0.29, 0.717) is 6.04 Å². The van der Waals surface area contributed by atoms with E-state index in [9.17, 15) is 10.1 Å². The molecule has 18 heavy (non-hydrogen) atoms. The summed E-state index contributed by atoms with van der Waals surface area (Å²) in [5, 5.41) is 13.8. The van der Waals surface area contributed by atoms with Crippen LogP contribution in [0, 0.1) is 10.1 Å². The number of hydrogen-bond acceptors (Lipinski definition) is 5. The zero-order chi connectivity index (χ0) is 13.0. The predicted molar refractivity (Wildman–Crippen MR) is 69.7 cm³/mol. The van der Waals surface area contributed by atoms with Gasteiger partial charge in [-0.2, -0.15) is 0 Å².